The minimum Gasteiger partial charge on any atom is -0.478 e. The smallest absolute Gasteiger partial charge is 0.328 e. The number of rotatable bonds is 9. The van der Waals surface area contributed by atoms with Crippen molar-refractivity contribution in [3.05, 3.63) is 82.2 Å². The molecule has 8 nitrogen and oxygen atoms in total. The van der Waals surface area contributed by atoms with E-state index in [-0.39, 0.29) is 11.5 Å². The predicted octanol–water partition coefficient (Wildman–Crippen LogP) is 5.57. The summed E-state index contributed by atoms with van der Waals surface area (Å²) in [6, 6.07) is 10.3. The fourth-order valence-corrected chi connectivity index (χ4v) is 5.59. The largest absolute Gasteiger partial charge is 0.478 e. The number of halogens is 2. The molecule has 0 saturated carbocycles. The van der Waals surface area contributed by atoms with Crippen LogP contribution in [-0.4, -0.2) is 49.8 Å². The predicted molar refractivity (Wildman–Crippen MR) is 149 cm³/mol. The number of carbonyl (C=O) groups is 1. The third-order valence-electron chi connectivity index (χ3n) is 7.65. The lowest BCUT2D eigenvalue weighted by atomic mass is 9.88. The zero-order chi connectivity index (χ0) is 28.4. The number of likely N-dealkylation sites (tertiary alicyclic amines) is 1. The number of aliphatic hydroxyl groups excluding tert-OH is 1. The molecule has 0 bridgehead atoms. The number of benzene rings is 2. The normalized spacial score (nSPS) is 20.3. The summed E-state index contributed by atoms with van der Waals surface area (Å²) in [5.74, 6) is -0.540. The van der Waals surface area contributed by atoms with Crippen LogP contribution in [0.2, 0.25) is 5.02 Å². The Morgan fingerprint density at radius 1 is 1.27 bits per heavy atom. The number of hydrogen-bond acceptors (Lipinski definition) is 6. The number of para-hydroxylation sites is 1. The van der Waals surface area contributed by atoms with Gasteiger partial charge in [-0.05, 0) is 68.6 Å². The fourth-order valence-electron chi connectivity index (χ4n) is 5.43. The number of fused-ring (bicyclic) bond motifs is 1. The highest BCUT2D eigenvalue weighted by Gasteiger charge is 2.43. The lowest BCUT2D eigenvalue weighted by Gasteiger charge is -2.32. The maximum atomic E-state index is 14.7. The molecule has 2 aliphatic rings. The molecule has 10 heteroatoms. The second-order valence-corrected chi connectivity index (χ2v) is 10.9. The molecule has 2 aliphatic heterocycles. The van der Waals surface area contributed by atoms with Crippen LogP contribution in [0, 0.1) is 5.82 Å². The Hall–Kier alpha value is -3.40. The lowest BCUT2D eigenvalue weighted by molar-refractivity contribution is -0.131. The summed E-state index contributed by atoms with van der Waals surface area (Å²) in [6.45, 7) is 6.20. The van der Waals surface area contributed by atoms with Crippen LogP contribution in [0.1, 0.15) is 61.7 Å². The van der Waals surface area contributed by atoms with E-state index in [9.17, 15) is 14.3 Å². The van der Waals surface area contributed by atoms with Gasteiger partial charge in [0.2, 0.25) is 0 Å². The number of carboxylic acid groups (broad SMARTS) is 1. The summed E-state index contributed by atoms with van der Waals surface area (Å²) in [4.78, 5) is 17.9. The zero-order valence-electron chi connectivity index (χ0n) is 22.5. The van der Waals surface area contributed by atoms with Crippen molar-refractivity contribution in [1.29, 1.82) is 0 Å². The van der Waals surface area contributed by atoms with E-state index in [1.807, 2.05) is 29.7 Å². The highest BCUT2D eigenvalue weighted by atomic mass is 35.5. The van der Waals surface area contributed by atoms with Gasteiger partial charge in [0.25, 0.3) is 5.79 Å². The standard InChI is InChI=1S/C30H33ClFN3O5/c1-3-22(36)17-35-21(8-10-28(37)38)16-33-27(35)18-34-13-11-19(12-14-34)23-5-4-6-26-29(23)40-30(2,39-26)24-9-7-20(31)15-25(24)32/h4-10,15-16,19,22,36H,3,11-14,17-18H2,1-2H3,(H,37,38)/b10-8+. The van der Waals surface area contributed by atoms with Gasteiger partial charge in [-0.2, -0.15) is 0 Å². The summed E-state index contributed by atoms with van der Waals surface area (Å²) >= 11 is 5.95. The van der Waals surface area contributed by atoms with Gasteiger partial charge in [-0.3, -0.25) is 4.90 Å². The molecule has 0 aliphatic carbocycles. The van der Waals surface area contributed by atoms with Crippen LogP contribution >= 0.6 is 11.6 Å². The first kappa shape index (κ1) is 28.1. The molecule has 40 heavy (non-hydrogen) atoms. The van der Waals surface area contributed by atoms with Crippen molar-refractivity contribution in [3.8, 4) is 11.5 Å². The second-order valence-electron chi connectivity index (χ2n) is 10.4. The molecule has 3 heterocycles. The molecule has 1 aromatic heterocycles. The highest BCUT2D eigenvalue weighted by Crippen LogP contribution is 2.49. The second kappa shape index (κ2) is 11.6. The zero-order valence-corrected chi connectivity index (χ0v) is 23.3. The van der Waals surface area contributed by atoms with E-state index >= 15 is 0 Å². The molecule has 1 saturated heterocycles. The van der Waals surface area contributed by atoms with E-state index in [0.717, 1.165) is 43.4 Å². The number of hydrogen-bond donors (Lipinski definition) is 2. The molecule has 212 valence electrons. The van der Waals surface area contributed by atoms with E-state index in [1.165, 1.54) is 12.1 Å². The van der Waals surface area contributed by atoms with Gasteiger partial charge in [-0.1, -0.05) is 30.7 Å². The minimum atomic E-state index is -1.29. The van der Waals surface area contributed by atoms with Crippen molar-refractivity contribution in [2.75, 3.05) is 13.1 Å². The third kappa shape index (κ3) is 5.87. The Morgan fingerprint density at radius 2 is 2.05 bits per heavy atom. The van der Waals surface area contributed by atoms with Gasteiger partial charge in [-0.25, -0.2) is 14.2 Å². The van der Waals surface area contributed by atoms with E-state index in [2.05, 4.69) is 9.88 Å². The van der Waals surface area contributed by atoms with Crippen LogP contribution in [0.5, 0.6) is 11.5 Å². The Morgan fingerprint density at radius 3 is 2.75 bits per heavy atom. The highest BCUT2D eigenvalue weighted by molar-refractivity contribution is 6.30. The molecule has 1 fully saturated rings. The van der Waals surface area contributed by atoms with Crippen LogP contribution in [0.25, 0.3) is 6.08 Å². The number of carboxylic acids is 1. The summed E-state index contributed by atoms with van der Waals surface area (Å²) in [5.41, 5.74) is 1.98. The van der Waals surface area contributed by atoms with Gasteiger partial charge >= 0.3 is 5.97 Å². The van der Waals surface area contributed by atoms with Crippen LogP contribution in [0.15, 0.2) is 48.7 Å². The van der Waals surface area contributed by atoms with E-state index in [4.69, 9.17) is 26.2 Å². The maximum Gasteiger partial charge on any atom is 0.328 e. The molecule has 2 unspecified atom stereocenters. The lowest BCUT2D eigenvalue weighted by Crippen LogP contribution is -2.34. The van der Waals surface area contributed by atoms with Crippen molar-refractivity contribution >= 4 is 23.6 Å². The van der Waals surface area contributed by atoms with Gasteiger partial charge in [0.15, 0.2) is 11.5 Å². The van der Waals surface area contributed by atoms with Crippen molar-refractivity contribution in [1.82, 2.24) is 14.5 Å². The molecule has 5 rings (SSSR count). The monoisotopic (exact) mass is 569 g/mol. The van der Waals surface area contributed by atoms with E-state index in [1.54, 1.807) is 25.3 Å². The molecule has 0 spiro atoms. The first-order chi connectivity index (χ1) is 19.2. The Kier molecular flexibility index (Phi) is 8.16. The van der Waals surface area contributed by atoms with Gasteiger partial charge in [-0.15, -0.1) is 0 Å². The molecule has 0 radical (unpaired) electrons. The molecule has 3 aromatic rings. The summed E-state index contributed by atoms with van der Waals surface area (Å²) in [6.07, 6.45) is 6.04. The first-order valence-corrected chi connectivity index (χ1v) is 13.9. The quantitative estimate of drug-likeness (QED) is 0.325. The average molecular weight is 570 g/mol. The number of aliphatic carboxylic acids is 1. The number of piperidine rings is 1. The molecular formula is C30H33ClFN3O5. The summed E-state index contributed by atoms with van der Waals surface area (Å²) < 4.78 is 29.1. The van der Waals surface area contributed by atoms with Crippen LogP contribution in [0.4, 0.5) is 4.39 Å². The number of aliphatic hydroxyl groups is 1. The Balaban J connectivity index is 1.28. The Bertz CT molecular complexity index is 1420. The number of imidazole rings is 1. The molecule has 2 atom stereocenters. The van der Waals surface area contributed by atoms with Gasteiger partial charge in [0.1, 0.15) is 11.6 Å². The van der Waals surface area contributed by atoms with Gasteiger partial charge < -0.3 is 24.3 Å². The summed E-state index contributed by atoms with van der Waals surface area (Å²) in [7, 11) is 0. The minimum absolute atomic E-state index is 0.239. The Labute approximate surface area is 237 Å². The molecule has 0 amide bonds. The number of nitrogens with zero attached hydrogens (tertiary/aromatic N) is 3. The van der Waals surface area contributed by atoms with Crippen molar-refractivity contribution < 1.29 is 28.9 Å². The molecule has 2 N–H and O–H groups in total. The van der Waals surface area contributed by atoms with E-state index < -0.39 is 23.7 Å². The first-order valence-electron chi connectivity index (χ1n) is 13.5. The SMILES string of the molecule is CCC(O)Cn1c(/C=C/C(=O)O)cnc1CN1CCC(c2cccc3c2OC(C)(c2ccc(Cl)cc2F)O3)CC1. The van der Waals surface area contributed by atoms with Crippen molar-refractivity contribution in [2.45, 2.75) is 64.0 Å². The van der Waals surface area contributed by atoms with E-state index in [0.29, 0.717) is 41.7 Å². The number of ether oxygens (including phenoxy) is 2. The van der Waals surface area contributed by atoms with Gasteiger partial charge in [0.05, 0.1) is 36.6 Å². The van der Waals surface area contributed by atoms with Gasteiger partial charge in [0, 0.05) is 23.6 Å². The van der Waals surface area contributed by atoms with Crippen LogP contribution < -0.4 is 9.47 Å². The van der Waals surface area contributed by atoms with Crippen molar-refractivity contribution in [3.63, 3.8) is 0 Å². The topological polar surface area (TPSA) is 97.1 Å². The summed E-state index contributed by atoms with van der Waals surface area (Å²) in [5, 5.41) is 19.6. The average Bonchev–Trinajstić information content (AvgIpc) is 3.47. The molecule has 2 aromatic carbocycles. The maximum absolute atomic E-state index is 14.7. The number of aromatic nitrogens is 2. The van der Waals surface area contributed by atoms with Crippen LogP contribution in [-0.2, 0) is 23.7 Å². The third-order valence-corrected chi connectivity index (χ3v) is 7.89. The molecular weight excluding hydrogens is 537 g/mol. The van der Waals surface area contributed by atoms with Crippen molar-refractivity contribution in [2.24, 2.45) is 0 Å². The van der Waals surface area contributed by atoms with Crippen LogP contribution in [0.3, 0.4) is 0 Å². The fraction of sp³-hybridized carbons (Fsp3) is 0.400.